The predicted octanol–water partition coefficient (Wildman–Crippen LogP) is 2.47. The van der Waals surface area contributed by atoms with E-state index in [0.717, 1.165) is 24.8 Å². The summed E-state index contributed by atoms with van der Waals surface area (Å²) in [7, 11) is 0. The van der Waals surface area contributed by atoms with E-state index < -0.39 is 0 Å². The molecule has 1 N–H and O–H groups in total. The number of fused-ring (bicyclic) bond motifs is 1. The second-order valence-corrected chi connectivity index (χ2v) is 3.77. The maximum atomic E-state index is 11.5. The highest BCUT2D eigenvalue weighted by Crippen LogP contribution is 2.32. The third kappa shape index (κ3) is 1.31. The number of phenolic OH excluding ortho intramolecular Hbond substituents is 1. The van der Waals surface area contributed by atoms with E-state index in [0.29, 0.717) is 12.0 Å². The zero-order chi connectivity index (χ0) is 10.1. The number of benzene rings is 1. The van der Waals surface area contributed by atoms with Gasteiger partial charge in [-0.2, -0.15) is 0 Å². The fraction of sp³-hybridized carbons (Fsp3) is 0.417. The van der Waals surface area contributed by atoms with Crippen LogP contribution in [0.4, 0.5) is 0 Å². The second-order valence-electron chi connectivity index (χ2n) is 3.77. The molecule has 1 aromatic rings. The number of hydrogen-bond donors (Lipinski definition) is 1. The first-order valence-corrected chi connectivity index (χ1v) is 5.11. The zero-order valence-corrected chi connectivity index (χ0v) is 8.34. The molecule has 2 nitrogen and oxygen atoms in total. The van der Waals surface area contributed by atoms with Gasteiger partial charge in [0.05, 0.1) is 5.56 Å². The summed E-state index contributed by atoms with van der Waals surface area (Å²) in [6.07, 6.45) is 3.43. The van der Waals surface area contributed by atoms with Gasteiger partial charge in [0.2, 0.25) is 0 Å². The van der Waals surface area contributed by atoms with Gasteiger partial charge in [0.15, 0.2) is 5.78 Å². The molecule has 1 aliphatic carbocycles. The first kappa shape index (κ1) is 9.25. The van der Waals surface area contributed by atoms with Gasteiger partial charge in [-0.05, 0) is 30.0 Å². The van der Waals surface area contributed by atoms with E-state index >= 15 is 0 Å². The molecule has 0 unspecified atom stereocenters. The van der Waals surface area contributed by atoms with Crippen molar-refractivity contribution in [1.29, 1.82) is 0 Å². The molecule has 74 valence electrons. The number of aromatic hydroxyl groups is 1. The molecule has 0 fully saturated rings. The fourth-order valence-electron chi connectivity index (χ4n) is 2.14. The summed E-state index contributed by atoms with van der Waals surface area (Å²) in [6, 6.07) is 3.59. The lowest BCUT2D eigenvalue weighted by molar-refractivity contribution is 0.0992. The molecule has 0 heterocycles. The minimum absolute atomic E-state index is 0.0930. The van der Waals surface area contributed by atoms with Gasteiger partial charge >= 0.3 is 0 Å². The van der Waals surface area contributed by atoms with E-state index in [2.05, 4.69) is 6.92 Å². The van der Waals surface area contributed by atoms with Gasteiger partial charge in [0.25, 0.3) is 0 Å². The van der Waals surface area contributed by atoms with Crippen LogP contribution in [-0.4, -0.2) is 10.9 Å². The zero-order valence-electron chi connectivity index (χ0n) is 8.34. The first-order chi connectivity index (χ1) is 6.74. The molecule has 0 spiro atoms. The van der Waals surface area contributed by atoms with Gasteiger partial charge in [0, 0.05) is 6.42 Å². The molecule has 0 saturated carbocycles. The van der Waals surface area contributed by atoms with Crippen molar-refractivity contribution in [3.05, 3.63) is 28.8 Å². The average Bonchev–Trinajstić information content (AvgIpc) is 2.54. The molecule has 0 aliphatic heterocycles. The third-order valence-corrected chi connectivity index (χ3v) is 2.79. The maximum absolute atomic E-state index is 11.5. The summed E-state index contributed by atoms with van der Waals surface area (Å²) in [4.78, 5) is 11.5. The smallest absolute Gasteiger partial charge is 0.167 e. The Morgan fingerprint density at radius 2 is 2.14 bits per heavy atom. The highest BCUT2D eigenvalue weighted by atomic mass is 16.3. The van der Waals surface area contributed by atoms with Crippen LogP contribution in [0.1, 0.15) is 41.3 Å². The van der Waals surface area contributed by atoms with E-state index in [9.17, 15) is 9.90 Å². The van der Waals surface area contributed by atoms with Crippen molar-refractivity contribution in [3.63, 3.8) is 0 Å². The van der Waals surface area contributed by atoms with Gasteiger partial charge in [-0.15, -0.1) is 0 Å². The number of ketones is 1. The molecule has 0 radical (unpaired) electrons. The monoisotopic (exact) mass is 190 g/mol. The number of Topliss-reactive ketones (excluding diaryl/α,β-unsaturated/α-hetero) is 1. The summed E-state index contributed by atoms with van der Waals surface area (Å²) in [6.45, 7) is 2.12. The van der Waals surface area contributed by atoms with Crippen molar-refractivity contribution in [2.24, 2.45) is 0 Å². The van der Waals surface area contributed by atoms with Crippen LogP contribution in [0.3, 0.4) is 0 Å². The number of carbonyl (C=O) groups is 1. The average molecular weight is 190 g/mol. The Labute approximate surface area is 83.6 Å². The second kappa shape index (κ2) is 3.45. The molecule has 0 saturated heterocycles. The Balaban J connectivity index is 2.53. The van der Waals surface area contributed by atoms with Crippen molar-refractivity contribution < 1.29 is 9.90 Å². The lowest BCUT2D eigenvalue weighted by Gasteiger charge is -2.07. The first-order valence-electron chi connectivity index (χ1n) is 5.11. The Morgan fingerprint density at radius 1 is 1.36 bits per heavy atom. The van der Waals surface area contributed by atoms with Crippen molar-refractivity contribution in [3.8, 4) is 5.75 Å². The van der Waals surface area contributed by atoms with Crippen LogP contribution < -0.4 is 0 Å². The van der Waals surface area contributed by atoms with E-state index in [-0.39, 0.29) is 11.5 Å². The van der Waals surface area contributed by atoms with Crippen LogP contribution in [0, 0.1) is 0 Å². The molecule has 0 bridgehead atoms. The highest BCUT2D eigenvalue weighted by molar-refractivity contribution is 6.03. The Kier molecular flexibility index (Phi) is 2.28. The van der Waals surface area contributed by atoms with Gasteiger partial charge < -0.3 is 5.11 Å². The van der Waals surface area contributed by atoms with E-state index in [4.69, 9.17) is 0 Å². The Morgan fingerprint density at radius 3 is 2.86 bits per heavy atom. The van der Waals surface area contributed by atoms with Crippen molar-refractivity contribution in [2.75, 3.05) is 0 Å². The minimum atomic E-state index is 0.0930. The quantitative estimate of drug-likeness (QED) is 0.777. The molecule has 14 heavy (non-hydrogen) atoms. The number of aryl methyl sites for hydroxylation is 1. The molecule has 2 rings (SSSR count). The van der Waals surface area contributed by atoms with Gasteiger partial charge in [-0.3, -0.25) is 4.79 Å². The molecule has 0 amide bonds. The standard InChI is InChI=1S/C12H14O2/c1-2-3-8-4-6-10(13)12-9(8)5-7-11(12)14/h4,6,13H,2-3,5,7H2,1H3. The van der Waals surface area contributed by atoms with Gasteiger partial charge in [-0.1, -0.05) is 19.4 Å². The van der Waals surface area contributed by atoms with Crippen LogP contribution >= 0.6 is 0 Å². The van der Waals surface area contributed by atoms with E-state index in [1.165, 1.54) is 5.56 Å². The molecule has 1 aromatic carbocycles. The van der Waals surface area contributed by atoms with Crippen molar-refractivity contribution >= 4 is 5.78 Å². The number of hydrogen-bond acceptors (Lipinski definition) is 2. The van der Waals surface area contributed by atoms with Crippen molar-refractivity contribution in [1.82, 2.24) is 0 Å². The maximum Gasteiger partial charge on any atom is 0.167 e. The summed E-state index contributed by atoms with van der Waals surface area (Å²) >= 11 is 0. The van der Waals surface area contributed by atoms with E-state index in [1.54, 1.807) is 6.07 Å². The minimum Gasteiger partial charge on any atom is -0.507 e. The van der Waals surface area contributed by atoms with Crippen LogP contribution in [0.25, 0.3) is 0 Å². The molecular formula is C12H14O2. The van der Waals surface area contributed by atoms with Gasteiger partial charge in [0.1, 0.15) is 5.75 Å². The Bertz CT molecular complexity index is 380. The van der Waals surface area contributed by atoms with Gasteiger partial charge in [-0.25, -0.2) is 0 Å². The predicted molar refractivity (Wildman–Crippen MR) is 54.8 cm³/mol. The molecule has 1 aliphatic rings. The largest absolute Gasteiger partial charge is 0.507 e. The summed E-state index contributed by atoms with van der Waals surface area (Å²) in [5.74, 6) is 0.248. The van der Waals surface area contributed by atoms with E-state index in [1.807, 2.05) is 6.07 Å². The van der Waals surface area contributed by atoms with Crippen LogP contribution in [0.5, 0.6) is 5.75 Å². The number of carbonyl (C=O) groups excluding carboxylic acids is 1. The normalized spacial score (nSPS) is 14.5. The van der Waals surface area contributed by atoms with Crippen molar-refractivity contribution in [2.45, 2.75) is 32.6 Å². The summed E-state index contributed by atoms with van der Waals surface area (Å²) in [5, 5.41) is 9.57. The summed E-state index contributed by atoms with van der Waals surface area (Å²) < 4.78 is 0. The number of phenols is 1. The van der Waals surface area contributed by atoms with Crippen LogP contribution in [0.2, 0.25) is 0 Å². The van der Waals surface area contributed by atoms with Crippen LogP contribution in [0.15, 0.2) is 12.1 Å². The van der Waals surface area contributed by atoms with Crippen LogP contribution in [-0.2, 0) is 12.8 Å². The summed E-state index contributed by atoms with van der Waals surface area (Å²) in [5.41, 5.74) is 2.89. The lowest BCUT2D eigenvalue weighted by Crippen LogP contribution is -1.96. The fourth-order valence-corrected chi connectivity index (χ4v) is 2.14. The molecule has 0 atom stereocenters. The topological polar surface area (TPSA) is 37.3 Å². The molecule has 2 heteroatoms. The lowest BCUT2D eigenvalue weighted by atomic mass is 9.99. The molecule has 0 aromatic heterocycles. The number of rotatable bonds is 2. The SMILES string of the molecule is CCCc1ccc(O)c2c1CCC2=O. The third-order valence-electron chi connectivity index (χ3n) is 2.79. The molecular weight excluding hydrogens is 176 g/mol. The highest BCUT2D eigenvalue weighted by Gasteiger charge is 2.24. The Hall–Kier alpha value is -1.31.